The number of hydrogen-bond acceptors (Lipinski definition) is 2. The van der Waals surface area contributed by atoms with E-state index in [-0.39, 0.29) is 12.1 Å². The van der Waals surface area contributed by atoms with E-state index in [4.69, 9.17) is 5.73 Å². The van der Waals surface area contributed by atoms with Crippen LogP contribution in [0.5, 0.6) is 0 Å². The van der Waals surface area contributed by atoms with Gasteiger partial charge in [0.2, 0.25) is 0 Å². The Morgan fingerprint density at radius 3 is 2.71 bits per heavy atom. The Labute approximate surface area is 120 Å². The first-order valence-corrected chi connectivity index (χ1v) is 6.16. The Kier molecular flexibility index (Phi) is 4.64. The first-order chi connectivity index (χ1) is 10.1. The number of anilines is 1. The molecule has 106 valence electrons. The van der Waals surface area contributed by atoms with Gasteiger partial charge in [-0.15, -0.1) is 0 Å². The summed E-state index contributed by atoms with van der Waals surface area (Å²) in [5, 5.41) is 2.51. The zero-order chi connectivity index (χ0) is 15.2. The first-order valence-electron chi connectivity index (χ1n) is 6.16. The quantitative estimate of drug-likeness (QED) is 0.834. The van der Waals surface area contributed by atoms with Crippen molar-refractivity contribution in [3.05, 3.63) is 65.2 Å². The Bertz CT molecular complexity index is 733. The minimum Gasteiger partial charge on any atom is -0.321 e. The largest absolute Gasteiger partial charge is 0.321 e. The summed E-state index contributed by atoms with van der Waals surface area (Å²) in [6.45, 7) is 0.181. The normalized spacial score (nSPS) is 9.67. The summed E-state index contributed by atoms with van der Waals surface area (Å²) in [4.78, 5) is 12.0. The zero-order valence-corrected chi connectivity index (χ0v) is 11.0. The summed E-state index contributed by atoms with van der Waals surface area (Å²) in [5.74, 6) is 3.25. The van der Waals surface area contributed by atoms with Gasteiger partial charge in [0.15, 0.2) is 0 Å². The van der Waals surface area contributed by atoms with Crippen molar-refractivity contribution in [1.82, 2.24) is 0 Å². The SMILES string of the molecule is NCC#Cc1ccccc1NC(=O)c1cc(F)ccc1F. The van der Waals surface area contributed by atoms with E-state index in [1.54, 1.807) is 24.3 Å². The maximum Gasteiger partial charge on any atom is 0.258 e. The minimum atomic E-state index is -0.792. The number of carbonyl (C=O) groups is 1. The standard InChI is InChI=1S/C16H12F2N2O/c17-12-7-8-14(18)13(10-12)16(21)20-15-6-2-1-4-11(15)5-3-9-19/h1-2,4,6-8,10H,9,19H2,(H,20,21). The van der Waals surface area contributed by atoms with Crippen molar-refractivity contribution in [3.63, 3.8) is 0 Å². The van der Waals surface area contributed by atoms with E-state index < -0.39 is 17.5 Å². The van der Waals surface area contributed by atoms with E-state index in [2.05, 4.69) is 17.2 Å². The van der Waals surface area contributed by atoms with Gasteiger partial charge in [0.25, 0.3) is 5.91 Å². The fourth-order valence-corrected chi connectivity index (χ4v) is 1.71. The summed E-state index contributed by atoms with van der Waals surface area (Å²) >= 11 is 0. The Morgan fingerprint density at radius 1 is 1.19 bits per heavy atom. The second-order valence-electron chi connectivity index (χ2n) is 4.13. The topological polar surface area (TPSA) is 55.1 Å². The average molecular weight is 286 g/mol. The number of halogens is 2. The van der Waals surface area contributed by atoms with Crippen molar-refractivity contribution >= 4 is 11.6 Å². The maximum atomic E-state index is 13.6. The molecule has 0 radical (unpaired) electrons. The predicted molar refractivity (Wildman–Crippen MR) is 76.7 cm³/mol. The van der Waals surface area contributed by atoms with Gasteiger partial charge in [-0.1, -0.05) is 24.0 Å². The van der Waals surface area contributed by atoms with Crippen LogP contribution < -0.4 is 11.1 Å². The summed E-state index contributed by atoms with van der Waals surface area (Å²) in [5.41, 5.74) is 5.90. The lowest BCUT2D eigenvalue weighted by molar-refractivity contribution is 0.102. The van der Waals surface area contributed by atoms with Gasteiger partial charge in [-0.25, -0.2) is 8.78 Å². The summed E-state index contributed by atoms with van der Waals surface area (Å²) in [6, 6.07) is 9.47. The molecule has 2 rings (SSSR count). The molecule has 5 heteroatoms. The number of rotatable bonds is 2. The van der Waals surface area contributed by atoms with E-state index >= 15 is 0 Å². The molecule has 0 atom stereocenters. The lowest BCUT2D eigenvalue weighted by atomic mass is 10.1. The maximum absolute atomic E-state index is 13.6. The zero-order valence-electron chi connectivity index (χ0n) is 11.0. The van der Waals surface area contributed by atoms with Crippen molar-refractivity contribution < 1.29 is 13.6 Å². The van der Waals surface area contributed by atoms with Gasteiger partial charge < -0.3 is 11.1 Å². The summed E-state index contributed by atoms with van der Waals surface area (Å²) < 4.78 is 26.7. The number of benzene rings is 2. The van der Waals surface area contributed by atoms with Crippen LogP contribution >= 0.6 is 0 Å². The molecule has 0 aliphatic heterocycles. The van der Waals surface area contributed by atoms with Crippen LogP contribution in [-0.4, -0.2) is 12.5 Å². The Morgan fingerprint density at radius 2 is 1.95 bits per heavy atom. The van der Waals surface area contributed by atoms with Crippen molar-refractivity contribution in [2.24, 2.45) is 5.73 Å². The van der Waals surface area contributed by atoms with Gasteiger partial charge in [-0.05, 0) is 30.3 Å². The fourth-order valence-electron chi connectivity index (χ4n) is 1.71. The van der Waals surface area contributed by atoms with Gasteiger partial charge >= 0.3 is 0 Å². The molecule has 0 spiro atoms. The highest BCUT2D eigenvalue weighted by Crippen LogP contribution is 2.17. The molecule has 21 heavy (non-hydrogen) atoms. The molecular weight excluding hydrogens is 274 g/mol. The van der Waals surface area contributed by atoms with Gasteiger partial charge in [0.05, 0.1) is 17.8 Å². The van der Waals surface area contributed by atoms with Crippen LogP contribution in [0.4, 0.5) is 14.5 Å². The number of para-hydroxylation sites is 1. The third kappa shape index (κ3) is 3.65. The molecule has 2 aromatic carbocycles. The van der Waals surface area contributed by atoms with Crippen LogP contribution in [-0.2, 0) is 0 Å². The first kappa shape index (κ1) is 14.7. The van der Waals surface area contributed by atoms with Crippen molar-refractivity contribution in [2.75, 3.05) is 11.9 Å². The molecule has 1 amide bonds. The molecule has 2 aromatic rings. The predicted octanol–water partition coefficient (Wildman–Crippen LogP) is 2.53. The third-order valence-electron chi connectivity index (χ3n) is 2.67. The molecule has 0 aliphatic carbocycles. The number of carbonyl (C=O) groups excluding carboxylic acids is 1. The van der Waals surface area contributed by atoms with Gasteiger partial charge in [0, 0.05) is 5.56 Å². The highest BCUT2D eigenvalue weighted by atomic mass is 19.1. The fraction of sp³-hybridized carbons (Fsp3) is 0.0625. The molecule has 0 heterocycles. The minimum absolute atomic E-state index is 0.181. The molecule has 0 aliphatic rings. The van der Waals surface area contributed by atoms with Crippen LogP contribution in [0.15, 0.2) is 42.5 Å². The second kappa shape index (κ2) is 6.64. The van der Waals surface area contributed by atoms with E-state index in [0.29, 0.717) is 11.3 Å². The number of amides is 1. The van der Waals surface area contributed by atoms with Gasteiger partial charge in [0.1, 0.15) is 11.6 Å². The molecule has 0 fully saturated rings. The molecule has 0 saturated carbocycles. The van der Waals surface area contributed by atoms with Crippen LogP contribution in [0.1, 0.15) is 15.9 Å². The van der Waals surface area contributed by atoms with Crippen molar-refractivity contribution in [3.8, 4) is 11.8 Å². The van der Waals surface area contributed by atoms with Crippen LogP contribution in [0.3, 0.4) is 0 Å². The Balaban J connectivity index is 2.30. The highest BCUT2D eigenvalue weighted by Gasteiger charge is 2.14. The molecule has 3 N–H and O–H groups in total. The van der Waals surface area contributed by atoms with Crippen molar-refractivity contribution in [1.29, 1.82) is 0 Å². The number of hydrogen-bond donors (Lipinski definition) is 2. The molecular formula is C16H12F2N2O. The monoisotopic (exact) mass is 286 g/mol. The van der Waals surface area contributed by atoms with E-state index in [9.17, 15) is 13.6 Å². The summed E-state index contributed by atoms with van der Waals surface area (Å²) in [7, 11) is 0. The molecule has 3 nitrogen and oxygen atoms in total. The number of nitrogens with two attached hydrogens (primary N) is 1. The summed E-state index contributed by atoms with van der Waals surface area (Å²) in [6.07, 6.45) is 0. The van der Waals surface area contributed by atoms with E-state index in [1.807, 2.05) is 0 Å². The van der Waals surface area contributed by atoms with Crippen LogP contribution in [0, 0.1) is 23.5 Å². The second-order valence-corrected chi connectivity index (χ2v) is 4.13. The van der Waals surface area contributed by atoms with Gasteiger partial charge in [-0.3, -0.25) is 4.79 Å². The molecule has 0 aromatic heterocycles. The van der Waals surface area contributed by atoms with E-state index in [0.717, 1.165) is 18.2 Å². The van der Waals surface area contributed by atoms with Crippen LogP contribution in [0.25, 0.3) is 0 Å². The molecule has 0 unspecified atom stereocenters. The van der Waals surface area contributed by atoms with Gasteiger partial charge in [-0.2, -0.15) is 0 Å². The van der Waals surface area contributed by atoms with Crippen LogP contribution in [0.2, 0.25) is 0 Å². The smallest absolute Gasteiger partial charge is 0.258 e. The molecule has 0 bridgehead atoms. The van der Waals surface area contributed by atoms with Crippen molar-refractivity contribution in [2.45, 2.75) is 0 Å². The molecule has 0 saturated heterocycles. The number of nitrogens with one attached hydrogen (secondary N) is 1. The lowest BCUT2D eigenvalue weighted by Gasteiger charge is -2.08. The van der Waals surface area contributed by atoms with E-state index in [1.165, 1.54) is 0 Å². The highest BCUT2D eigenvalue weighted by molar-refractivity contribution is 6.05. The lowest BCUT2D eigenvalue weighted by Crippen LogP contribution is -2.15. The average Bonchev–Trinajstić information content (AvgIpc) is 2.48. The third-order valence-corrected chi connectivity index (χ3v) is 2.67. The Hall–Kier alpha value is -2.71.